The number of halogens is 1. The number of fused-ring (bicyclic) bond motifs is 1. The summed E-state index contributed by atoms with van der Waals surface area (Å²) < 4.78 is 13.0. The highest BCUT2D eigenvalue weighted by Crippen LogP contribution is 2.44. The van der Waals surface area contributed by atoms with Gasteiger partial charge in [0.2, 0.25) is 5.91 Å². The van der Waals surface area contributed by atoms with Gasteiger partial charge in [-0.25, -0.2) is 4.39 Å². The first kappa shape index (κ1) is 14.3. The predicted octanol–water partition coefficient (Wildman–Crippen LogP) is 2.21. The fourth-order valence-corrected chi connectivity index (χ4v) is 2.73. The Morgan fingerprint density at radius 2 is 1.91 bits per heavy atom. The van der Waals surface area contributed by atoms with Crippen LogP contribution in [0, 0.1) is 5.82 Å². The third-order valence-electron chi connectivity index (χ3n) is 4.05. The Morgan fingerprint density at radius 3 is 2.55 bits per heavy atom. The molecule has 1 aromatic carbocycles. The number of carbonyl (C=O) groups excluding carboxylic acids is 1. The Morgan fingerprint density at radius 1 is 1.23 bits per heavy atom. The van der Waals surface area contributed by atoms with Gasteiger partial charge in [-0.15, -0.1) is 0 Å². The summed E-state index contributed by atoms with van der Waals surface area (Å²) in [5, 5.41) is 0. The lowest BCUT2D eigenvalue weighted by Gasteiger charge is -2.20. The maximum Gasteiger partial charge on any atom is 0.237 e. The van der Waals surface area contributed by atoms with Crippen molar-refractivity contribution < 1.29 is 9.18 Å². The number of carbonyl (C=O) groups is 1. The normalized spacial score (nSPS) is 16.0. The smallest absolute Gasteiger partial charge is 0.237 e. The number of hydrogen-bond donors (Lipinski definition) is 2. The molecule has 0 fully saturated rings. The Bertz CT molecular complexity index is 755. The highest BCUT2D eigenvalue weighted by Gasteiger charge is 2.44. The first-order chi connectivity index (χ1) is 10.3. The lowest BCUT2D eigenvalue weighted by Crippen LogP contribution is -2.35. The maximum absolute atomic E-state index is 13.0. The van der Waals surface area contributed by atoms with Crippen LogP contribution in [0.4, 0.5) is 21.5 Å². The van der Waals surface area contributed by atoms with Crippen LogP contribution in [0.3, 0.4) is 0 Å². The molecule has 22 heavy (non-hydrogen) atoms. The summed E-state index contributed by atoms with van der Waals surface area (Å²) in [7, 11) is 0. The summed E-state index contributed by atoms with van der Waals surface area (Å²) in [6.07, 6.45) is 1.14. The number of hydrogen-bond acceptors (Lipinski definition) is 4. The Kier molecular flexibility index (Phi) is 3.05. The molecule has 3 rings (SSSR count). The Hall–Kier alpha value is -2.63. The van der Waals surface area contributed by atoms with Crippen molar-refractivity contribution in [2.45, 2.75) is 25.8 Å². The van der Waals surface area contributed by atoms with Crippen molar-refractivity contribution in [1.82, 2.24) is 4.98 Å². The minimum atomic E-state index is -0.683. The number of nitrogens with zero attached hydrogens (tertiary/aromatic N) is 2. The molecular formula is C16H17FN4O. The fourth-order valence-electron chi connectivity index (χ4n) is 2.73. The zero-order chi connectivity index (χ0) is 16.1. The molecule has 6 heteroatoms. The average molecular weight is 300 g/mol. The van der Waals surface area contributed by atoms with Crippen LogP contribution < -0.4 is 16.4 Å². The summed E-state index contributed by atoms with van der Waals surface area (Å²) in [6, 6.07) is 6.35. The second kappa shape index (κ2) is 4.69. The van der Waals surface area contributed by atoms with E-state index in [1.54, 1.807) is 23.1 Å². The molecule has 5 nitrogen and oxygen atoms in total. The highest BCUT2D eigenvalue weighted by atomic mass is 19.1. The molecule has 0 aliphatic carbocycles. The number of amides is 1. The fraction of sp³-hybridized carbons (Fsp3) is 0.250. The van der Waals surface area contributed by atoms with Gasteiger partial charge >= 0.3 is 0 Å². The van der Waals surface area contributed by atoms with Gasteiger partial charge in [-0.1, -0.05) is 0 Å². The first-order valence-corrected chi connectivity index (χ1v) is 6.92. The summed E-state index contributed by atoms with van der Waals surface area (Å²) in [6.45, 7) is 3.96. The van der Waals surface area contributed by atoms with Gasteiger partial charge in [0.05, 0.1) is 40.9 Å². The minimum absolute atomic E-state index is 0.0568. The van der Waals surface area contributed by atoms with Crippen molar-refractivity contribution in [3.05, 3.63) is 47.5 Å². The van der Waals surface area contributed by atoms with E-state index in [0.717, 1.165) is 17.4 Å². The van der Waals surface area contributed by atoms with Gasteiger partial charge < -0.3 is 16.4 Å². The SMILES string of the molecule is CC1(C)C(=O)N(Cc2ccc(F)cn2)c2cc(N)c(N)cc21. The van der Waals surface area contributed by atoms with Gasteiger partial charge in [-0.05, 0) is 43.7 Å². The second-order valence-corrected chi connectivity index (χ2v) is 5.98. The molecule has 2 heterocycles. The van der Waals surface area contributed by atoms with Gasteiger partial charge in [-0.2, -0.15) is 0 Å². The van der Waals surface area contributed by atoms with E-state index in [4.69, 9.17) is 11.5 Å². The molecule has 1 aliphatic rings. The van der Waals surface area contributed by atoms with Gasteiger partial charge in [0.15, 0.2) is 0 Å². The van der Waals surface area contributed by atoms with Crippen LogP contribution in [0.15, 0.2) is 30.5 Å². The van der Waals surface area contributed by atoms with E-state index < -0.39 is 11.2 Å². The van der Waals surface area contributed by atoms with E-state index in [2.05, 4.69) is 4.98 Å². The van der Waals surface area contributed by atoms with E-state index in [0.29, 0.717) is 17.1 Å². The van der Waals surface area contributed by atoms with Crippen LogP contribution >= 0.6 is 0 Å². The number of rotatable bonds is 2. The third kappa shape index (κ3) is 2.07. The van der Waals surface area contributed by atoms with Gasteiger partial charge in [-0.3, -0.25) is 9.78 Å². The second-order valence-electron chi connectivity index (χ2n) is 5.98. The van der Waals surface area contributed by atoms with Crippen molar-refractivity contribution in [2.24, 2.45) is 0 Å². The van der Waals surface area contributed by atoms with E-state index in [1.165, 1.54) is 6.07 Å². The first-order valence-electron chi connectivity index (χ1n) is 6.92. The number of aromatic nitrogens is 1. The molecule has 4 N–H and O–H groups in total. The molecule has 0 saturated heterocycles. The number of anilines is 3. The summed E-state index contributed by atoms with van der Waals surface area (Å²) in [5.74, 6) is -0.465. The molecule has 0 atom stereocenters. The highest BCUT2D eigenvalue weighted by molar-refractivity contribution is 6.08. The Balaban J connectivity index is 2.05. The number of nitrogens with two attached hydrogens (primary N) is 2. The molecule has 1 amide bonds. The van der Waals surface area contributed by atoms with E-state index in [1.807, 2.05) is 13.8 Å². The van der Waals surface area contributed by atoms with E-state index >= 15 is 0 Å². The molecule has 1 aliphatic heterocycles. The van der Waals surface area contributed by atoms with Crippen molar-refractivity contribution in [1.29, 1.82) is 0 Å². The quantitative estimate of drug-likeness (QED) is 0.833. The summed E-state index contributed by atoms with van der Waals surface area (Å²) >= 11 is 0. The van der Waals surface area contributed by atoms with Crippen molar-refractivity contribution >= 4 is 23.0 Å². The van der Waals surface area contributed by atoms with Crippen LogP contribution in [0.2, 0.25) is 0 Å². The zero-order valence-electron chi connectivity index (χ0n) is 12.4. The summed E-state index contributed by atoms with van der Waals surface area (Å²) in [5.41, 5.74) is 14.1. The standard InChI is InChI=1S/C16H17FN4O/c1-16(2)11-5-12(18)13(19)6-14(11)21(15(16)22)8-10-4-3-9(17)7-20-10/h3-7H,8,18-19H2,1-2H3. The maximum atomic E-state index is 13.0. The molecule has 1 aromatic heterocycles. The van der Waals surface area contributed by atoms with Crippen LogP contribution in [-0.2, 0) is 16.8 Å². The largest absolute Gasteiger partial charge is 0.397 e. The van der Waals surface area contributed by atoms with Gasteiger partial charge in [0.1, 0.15) is 5.82 Å². The molecule has 0 saturated carbocycles. The average Bonchev–Trinajstić information content (AvgIpc) is 2.64. The van der Waals surface area contributed by atoms with Crippen molar-refractivity contribution in [3.8, 4) is 0 Å². The molecule has 0 spiro atoms. The third-order valence-corrected chi connectivity index (χ3v) is 4.05. The monoisotopic (exact) mass is 300 g/mol. The van der Waals surface area contributed by atoms with Gasteiger partial charge in [0, 0.05) is 0 Å². The van der Waals surface area contributed by atoms with Crippen molar-refractivity contribution in [2.75, 3.05) is 16.4 Å². The zero-order valence-corrected chi connectivity index (χ0v) is 12.4. The molecular weight excluding hydrogens is 283 g/mol. The molecule has 2 aromatic rings. The lowest BCUT2D eigenvalue weighted by molar-refractivity contribution is -0.122. The molecule has 0 bridgehead atoms. The number of pyridine rings is 1. The van der Waals surface area contributed by atoms with Gasteiger partial charge in [0.25, 0.3) is 0 Å². The Labute approximate surface area is 127 Å². The number of nitrogen functional groups attached to an aromatic ring is 2. The molecule has 0 unspecified atom stereocenters. The van der Waals surface area contributed by atoms with Crippen LogP contribution in [0.1, 0.15) is 25.1 Å². The van der Waals surface area contributed by atoms with Crippen molar-refractivity contribution in [3.63, 3.8) is 0 Å². The van der Waals surface area contributed by atoms with Crippen LogP contribution in [0.5, 0.6) is 0 Å². The van der Waals surface area contributed by atoms with E-state index in [9.17, 15) is 9.18 Å². The van der Waals surface area contributed by atoms with Crippen LogP contribution in [0.25, 0.3) is 0 Å². The molecule has 114 valence electrons. The van der Waals surface area contributed by atoms with Crippen LogP contribution in [-0.4, -0.2) is 10.9 Å². The van der Waals surface area contributed by atoms with E-state index in [-0.39, 0.29) is 12.5 Å². The molecule has 0 radical (unpaired) electrons. The minimum Gasteiger partial charge on any atom is -0.397 e. The summed E-state index contributed by atoms with van der Waals surface area (Å²) in [4.78, 5) is 18.3. The predicted molar refractivity (Wildman–Crippen MR) is 83.7 cm³/mol. The topological polar surface area (TPSA) is 85.2 Å². The lowest BCUT2D eigenvalue weighted by atomic mass is 9.86. The number of benzene rings is 1.